The summed E-state index contributed by atoms with van der Waals surface area (Å²) in [6.45, 7) is 6.97. The second kappa shape index (κ2) is 12.7. The number of esters is 1. The fraction of sp³-hybridized carbons (Fsp3) is 0.281. The van der Waals surface area contributed by atoms with Gasteiger partial charge in [0.25, 0.3) is 5.91 Å². The first-order valence-electron chi connectivity index (χ1n) is 13.1. The number of hydrogen-bond acceptors (Lipinski definition) is 4. The smallest absolute Gasteiger partial charge is 0.306 e. The minimum Gasteiger partial charge on any atom is -0.460 e. The van der Waals surface area contributed by atoms with E-state index in [0.717, 1.165) is 16.1 Å². The Morgan fingerprint density at radius 1 is 1.07 bits per heavy atom. The lowest BCUT2D eigenvalue weighted by molar-refractivity contribution is -0.155. The first-order chi connectivity index (χ1) is 19.4. The first-order valence-corrected chi connectivity index (χ1v) is 14.3. The van der Waals surface area contributed by atoms with Crippen LogP contribution in [0.2, 0.25) is 5.02 Å². The third kappa shape index (κ3) is 7.29. The van der Waals surface area contributed by atoms with E-state index in [1.54, 1.807) is 20.8 Å². The van der Waals surface area contributed by atoms with Crippen LogP contribution in [0, 0.1) is 18.6 Å². The molecular formula is C32H30BrClF2N2O3. The number of ether oxygens (including phenoxy) is 1. The minimum atomic E-state index is -1.11. The molecule has 0 aliphatic carbocycles. The molecule has 9 heteroatoms. The van der Waals surface area contributed by atoms with Gasteiger partial charge < -0.3 is 10.1 Å². The summed E-state index contributed by atoms with van der Waals surface area (Å²) in [6, 6.07) is 17.2. The van der Waals surface area contributed by atoms with Gasteiger partial charge in [-0.2, -0.15) is 0 Å². The van der Waals surface area contributed by atoms with Gasteiger partial charge in [0, 0.05) is 44.9 Å². The molecule has 1 N–H and O–H groups in total. The molecule has 1 unspecified atom stereocenters. The Kier molecular flexibility index (Phi) is 9.44. The summed E-state index contributed by atoms with van der Waals surface area (Å²) in [5.74, 6) is -3.88. The number of aromatic nitrogens is 1. The number of rotatable bonds is 8. The van der Waals surface area contributed by atoms with Crippen molar-refractivity contribution in [1.82, 2.24) is 10.3 Å². The molecule has 5 nitrogen and oxygen atoms in total. The standard InChI is InChI=1S/C32H30BrClF2N2O3/c1-18-27(22-16-21(33)11-14-25(22)38-30(18)19-8-6-5-7-9-19)31(40)37-17-20(10-15-26(39)41-32(2,3)4)28-23(34)12-13-24(35)29(28)36/h5-9,11-14,16,20H,10,15,17H2,1-4H3,(H,37,40). The van der Waals surface area contributed by atoms with Crippen LogP contribution < -0.4 is 5.32 Å². The van der Waals surface area contributed by atoms with Gasteiger partial charge in [-0.25, -0.2) is 13.8 Å². The largest absolute Gasteiger partial charge is 0.460 e. The summed E-state index contributed by atoms with van der Waals surface area (Å²) >= 11 is 9.79. The van der Waals surface area contributed by atoms with E-state index in [4.69, 9.17) is 21.3 Å². The number of carbonyl (C=O) groups is 2. The number of hydrogen-bond donors (Lipinski definition) is 1. The third-order valence-electron chi connectivity index (χ3n) is 6.58. The molecule has 0 spiro atoms. The molecule has 0 saturated heterocycles. The summed E-state index contributed by atoms with van der Waals surface area (Å²) in [7, 11) is 0. The summed E-state index contributed by atoms with van der Waals surface area (Å²) < 4.78 is 35.4. The lowest BCUT2D eigenvalue weighted by Gasteiger charge is -2.23. The van der Waals surface area contributed by atoms with Crippen LogP contribution in [0.3, 0.4) is 0 Å². The van der Waals surface area contributed by atoms with E-state index < -0.39 is 35.0 Å². The molecule has 3 aromatic carbocycles. The fourth-order valence-corrected chi connectivity index (χ4v) is 5.42. The molecule has 4 rings (SSSR count). The van der Waals surface area contributed by atoms with Crippen molar-refractivity contribution in [2.45, 2.75) is 52.1 Å². The molecular weight excluding hydrogens is 614 g/mol. The molecule has 1 atom stereocenters. The Labute approximate surface area is 251 Å². The van der Waals surface area contributed by atoms with Gasteiger partial charge in [-0.1, -0.05) is 57.9 Å². The Bertz CT molecular complexity index is 1610. The van der Waals surface area contributed by atoms with Crippen molar-refractivity contribution < 1.29 is 23.1 Å². The lowest BCUT2D eigenvalue weighted by Crippen LogP contribution is -2.31. The van der Waals surface area contributed by atoms with Crippen molar-refractivity contribution in [1.29, 1.82) is 0 Å². The molecule has 4 aromatic rings. The molecule has 214 valence electrons. The minimum absolute atomic E-state index is 0.00757. The van der Waals surface area contributed by atoms with Crippen molar-refractivity contribution in [3.63, 3.8) is 0 Å². The van der Waals surface area contributed by atoms with Crippen molar-refractivity contribution >= 4 is 50.3 Å². The second-order valence-electron chi connectivity index (χ2n) is 10.8. The van der Waals surface area contributed by atoms with Gasteiger partial charge in [-0.05, 0) is 70.0 Å². The Morgan fingerprint density at radius 2 is 1.78 bits per heavy atom. The van der Waals surface area contributed by atoms with E-state index in [9.17, 15) is 14.0 Å². The Hall–Kier alpha value is -3.36. The van der Waals surface area contributed by atoms with Crippen LogP contribution in [0.1, 0.15) is 61.0 Å². The summed E-state index contributed by atoms with van der Waals surface area (Å²) in [4.78, 5) is 31.1. The van der Waals surface area contributed by atoms with E-state index in [-0.39, 0.29) is 30.0 Å². The number of nitrogens with one attached hydrogen (secondary N) is 1. The van der Waals surface area contributed by atoms with Gasteiger partial charge in [0.2, 0.25) is 0 Å². The van der Waals surface area contributed by atoms with Crippen molar-refractivity contribution in [3.05, 3.63) is 98.5 Å². The molecule has 0 aliphatic rings. The Balaban J connectivity index is 1.70. The van der Waals surface area contributed by atoms with E-state index >= 15 is 4.39 Å². The molecule has 1 amide bonds. The average molecular weight is 644 g/mol. The predicted octanol–water partition coefficient (Wildman–Crippen LogP) is 8.54. The zero-order valence-electron chi connectivity index (χ0n) is 23.2. The van der Waals surface area contributed by atoms with Crippen LogP contribution in [0.5, 0.6) is 0 Å². The highest BCUT2D eigenvalue weighted by Gasteiger charge is 2.26. The molecule has 0 aliphatic heterocycles. The van der Waals surface area contributed by atoms with Gasteiger partial charge in [0.15, 0.2) is 11.6 Å². The van der Waals surface area contributed by atoms with Gasteiger partial charge in [-0.15, -0.1) is 0 Å². The maximum Gasteiger partial charge on any atom is 0.306 e. The summed E-state index contributed by atoms with van der Waals surface area (Å²) in [5, 5.41) is 3.53. The number of fused-ring (bicyclic) bond motifs is 1. The maximum atomic E-state index is 15.0. The zero-order valence-corrected chi connectivity index (χ0v) is 25.5. The molecule has 41 heavy (non-hydrogen) atoms. The number of carbonyl (C=O) groups excluding carboxylic acids is 2. The molecule has 0 radical (unpaired) electrons. The number of nitrogens with zero attached hydrogens (tertiary/aromatic N) is 1. The van der Waals surface area contributed by atoms with Crippen LogP contribution >= 0.6 is 27.5 Å². The monoisotopic (exact) mass is 642 g/mol. The highest BCUT2D eigenvalue weighted by Crippen LogP contribution is 2.34. The third-order valence-corrected chi connectivity index (χ3v) is 7.40. The van der Waals surface area contributed by atoms with E-state index in [0.29, 0.717) is 27.7 Å². The van der Waals surface area contributed by atoms with Gasteiger partial charge >= 0.3 is 5.97 Å². The van der Waals surface area contributed by atoms with Crippen molar-refractivity contribution in [2.75, 3.05) is 6.54 Å². The molecule has 1 heterocycles. The van der Waals surface area contributed by atoms with Crippen LogP contribution in [0.4, 0.5) is 8.78 Å². The highest BCUT2D eigenvalue weighted by atomic mass is 79.9. The lowest BCUT2D eigenvalue weighted by atomic mass is 9.92. The van der Waals surface area contributed by atoms with Gasteiger partial charge in [0.05, 0.1) is 16.8 Å². The maximum absolute atomic E-state index is 15.0. The second-order valence-corrected chi connectivity index (χ2v) is 12.1. The number of halogens is 4. The topological polar surface area (TPSA) is 68.3 Å². The SMILES string of the molecule is Cc1c(-c2ccccc2)nc2ccc(Br)cc2c1C(=O)NCC(CCC(=O)OC(C)(C)C)c1c(Cl)ccc(F)c1F. The molecule has 0 fully saturated rings. The normalized spacial score (nSPS) is 12.3. The highest BCUT2D eigenvalue weighted by molar-refractivity contribution is 9.10. The zero-order chi connectivity index (χ0) is 29.9. The first kappa shape index (κ1) is 30.6. The predicted molar refractivity (Wildman–Crippen MR) is 161 cm³/mol. The fourth-order valence-electron chi connectivity index (χ4n) is 4.75. The quantitative estimate of drug-likeness (QED) is 0.154. The number of amides is 1. The molecule has 1 aromatic heterocycles. The van der Waals surface area contributed by atoms with Gasteiger partial charge in [0.1, 0.15) is 5.60 Å². The van der Waals surface area contributed by atoms with Crippen LogP contribution in [0.15, 0.2) is 65.1 Å². The van der Waals surface area contributed by atoms with Crippen LogP contribution in [0.25, 0.3) is 22.2 Å². The van der Waals surface area contributed by atoms with Crippen LogP contribution in [-0.2, 0) is 9.53 Å². The van der Waals surface area contributed by atoms with Crippen molar-refractivity contribution in [3.8, 4) is 11.3 Å². The van der Waals surface area contributed by atoms with Crippen molar-refractivity contribution in [2.24, 2.45) is 0 Å². The Morgan fingerprint density at radius 3 is 2.46 bits per heavy atom. The number of benzene rings is 3. The summed E-state index contributed by atoms with van der Waals surface area (Å²) in [5.41, 5.74) is 2.42. The number of pyridine rings is 1. The molecule has 0 bridgehead atoms. The molecule has 0 saturated carbocycles. The van der Waals surface area contributed by atoms with Gasteiger partial charge in [-0.3, -0.25) is 9.59 Å². The van der Waals surface area contributed by atoms with E-state index in [1.165, 1.54) is 6.07 Å². The summed E-state index contributed by atoms with van der Waals surface area (Å²) in [6.07, 6.45) is -0.00141. The average Bonchev–Trinajstić information content (AvgIpc) is 2.91. The van der Waals surface area contributed by atoms with Crippen LogP contribution in [-0.4, -0.2) is 29.0 Å². The van der Waals surface area contributed by atoms with E-state index in [1.807, 2.05) is 55.5 Å². The van der Waals surface area contributed by atoms with E-state index in [2.05, 4.69) is 21.2 Å².